The van der Waals surface area contributed by atoms with Crippen LogP contribution in [0, 0.1) is 13.8 Å². The van der Waals surface area contributed by atoms with E-state index in [1.54, 1.807) is 0 Å². The van der Waals surface area contributed by atoms with E-state index in [9.17, 15) is 0 Å². The van der Waals surface area contributed by atoms with Crippen LogP contribution in [0.3, 0.4) is 0 Å². The fraction of sp³-hybridized carbons (Fsp3) is 0.529. The highest BCUT2D eigenvalue weighted by molar-refractivity contribution is 5.38. The zero-order chi connectivity index (χ0) is 15.7. The van der Waals surface area contributed by atoms with Crippen molar-refractivity contribution in [3.63, 3.8) is 0 Å². The van der Waals surface area contributed by atoms with Gasteiger partial charge in [0.1, 0.15) is 5.82 Å². The Morgan fingerprint density at radius 1 is 1.36 bits per heavy atom. The third-order valence-electron chi connectivity index (χ3n) is 4.81. The van der Waals surface area contributed by atoms with Crippen molar-refractivity contribution in [2.75, 3.05) is 18.9 Å². The van der Waals surface area contributed by atoms with Crippen LogP contribution >= 0.6 is 0 Å². The number of anilines is 1. The summed E-state index contributed by atoms with van der Waals surface area (Å²) in [6, 6.07) is 4.80. The molecular weight excluding hydrogens is 274 g/mol. The van der Waals surface area contributed by atoms with Gasteiger partial charge in [-0.2, -0.15) is 5.10 Å². The van der Waals surface area contributed by atoms with Crippen LogP contribution in [-0.2, 0) is 13.6 Å². The molecule has 0 aromatic carbocycles. The van der Waals surface area contributed by atoms with Gasteiger partial charge in [0.05, 0.1) is 5.69 Å². The molecule has 5 heteroatoms. The molecule has 3 rings (SSSR count). The van der Waals surface area contributed by atoms with E-state index in [0.717, 1.165) is 24.6 Å². The fourth-order valence-electron chi connectivity index (χ4n) is 3.43. The van der Waals surface area contributed by atoms with Crippen molar-refractivity contribution in [2.24, 2.45) is 7.05 Å². The summed E-state index contributed by atoms with van der Waals surface area (Å²) >= 11 is 0. The lowest BCUT2D eigenvalue weighted by molar-refractivity contribution is 0.247. The van der Waals surface area contributed by atoms with Crippen molar-refractivity contribution >= 4 is 5.82 Å². The summed E-state index contributed by atoms with van der Waals surface area (Å²) in [6.45, 7) is 6.40. The lowest BCUT2D eigenvalue weighted by Crippen LogP contribution is -2.23. The molecule has 2 aromatic heterocycles. The second kappa shape index (κ2) is 6.08. The number of hydrogen-bond acceptors (Lipinski definition) is 4. The number of nitrogens with zero attached hydrogens (tertiary/aromatic N) is 4. The molecule has 3 heterocycles. The molecule has 0 saturated carbocycles. The molecule has 1 aliphatic heterocycles. The van der Waals surface area contributed by atoms with Crippen molar-refractivity contribution in [2.45, 2.75) is 39.3 Å². The lowest BCUT2D eigenvalue weighted by atomic mass is 10.0. The van der Waals surface area contributed by atoms with Gasteiger partial charge in [-0.3, -0.25) is 9.58 Å². The maximum absolute atomic E-state index is 4.55. The van der Waals surface area contributed by atoms with Crippen molar-refractivity contribution in [3.8, 4) is 0 Å². The first-order valence-electron chi connectivity index (χ1n) is 7.97. The Morgan fingerprint density at radius 3 is 2.86 bits per heavy atom. The average molecular weight is 299 g/mol. The summed E-state index contributed by atoms with van der Waals surface area (Å²) < 4.78 is 1.99. The fourth-order valence-corrected chi connectivity index (χ4v) is 3.43. The van der Waals surface area contributed by atoms with Crippen molar-refractivity contribution in [3.05, 3.63) is 40.8 Å². The normalized spacial score (nSPS) is 18.8. The Labute approximate surface area is 132 Å². The third-order valence-corrected chi connectivity index (χ3v) is 4.81. The van der Waals surface area contributed by atoms with Gasteiger partial charge in [0, 0.05) is 44.1 Å². The van der Waals surface area contributed by atoms with Crippen molar-refractivity contribution < 1.29 is 0 Å². The van der Waals surface area contributed by atoms with Crippen LogP contribution in [0.25, 0.3) is 0 Å². The molecule has 2 aromatic rings. The van der Waals surface area contributed by atoms with Gasteiger partial charge in [-0.05, 0) is 50.9 Å². The minimum absolute atomic E-state index is 0.481. The van der Waals surface area contributed by atoms with Gasteiger partial charge in [0.2, 0.25) is 0 Å². The number of aryl methyl sites for hydroxylation is 2. The number of aromatic nitrogens is 3. The van der Waals surface area contributed by atoms with E-state index < -0.39 is 0 Å². The molecule has 0 spiro atoms. The second-order valence-electron chi connectivity index (χ2n) is 6.13. The molecule has 0 aliphatic carbocycles. The largest absolute Gasteiger partial charge is 0.373 e. The van der Waals surface area contributed by atoms with Gasteiger partial charge in [0.15, 0.2) is 0 Å². The van der Waals surface area contributed by atoms with E-state index in [1.807, 2.05) is 25.0 Å². The van der Waals surface area contributed by atoms with Crippen molar-refractivity contribution in [1.29, 1.82) is 0 Å². The minimum Gasteiger partial charge on any atom is -0.373 e. The first-order chi connectivity index (χ1) is 10.6. The molecule has 5 nitrogen and oxygen atoms in total. The first kappa shape index (κ1) is 15.0. The quantitative estimate of drug-likeness (QED) is 0.943. The molecule has 0 radical (unpaired) electrons. The lowest BCUT2D eigenvalue weighted by Gasteiger charge is -2.25. The number of pyridine rings is 1. The van der Waals surface area contributed by atoms with E-state index in [4.69, 9.17) is 0 Å². The predicted molar refractivity (Wildman–Crippen MR) is 88.9 cm³/mol. The summed E-state index contributed by atoms with van der Waals surface area (Å²) in [5.74, 6) is 0.943. The number of nitrogens with one attached hydrogen (secondary N) is 1. The van der Waals surface area contributed by atoms with Crippen molar-refractivity contribution in [1.82, 2.24) is 19.7 Å². The maximum atomic E-state index is 4.55. The highest BCUT2D eigenvalue weighted by Gasteiger charge is 2.27. The van der Waals surface area contributed by atoms with Crippen LogP contribution in [0.2, 0.25) is 0 Å². The molecule has 1 atom stereocenters. The van der Waals surface area contributed by atoms with Gasteiger partial charge in [-0.1, -0.05) is 0 Å². The van der Waals surface area contributed by atoms with E-state index in [-0.39, 0.29) is 0 Å². The van der Waals surface area contributed by atoms with Gasteiger partial charge in [0.25, 0.3) is 0 Å². The number of hydrogen-bond donors (Lipinski definition) is 1. The van der Waals surface area contributed by atoms with Crippen LogP contribution in [-0.4, -0.2) is 33.3 Å². The highest BCUT2D eigenvalue weighted by atomic mass is 15.3. The van der Waals surface area contributed by atoms with E-state index in [0.29, 0.717) is 6.04 Å². The van der Waals surface area contributed by atoms with Gasteiger partial charge in [-0.25, -0.2) is 4.98 Å². The molecule has 0 amide bonds. The molecular formula is C17H25N5. The highest BCUT2D eigenvalue weighted by Crippen LogP contribution is 2.34. The van der Waals surface area contributed by atoms with Crippen LogP contribution in [0.5, 0.6) is 0 Å². The van der Waals surface area contributed by atoms with Crippen LogP contribution in [0.15, 0.2) is 18.3 Å². The Balaban J connectivity index is 1.84. The Bertz CT molecular complexity index is 661. The summed E-state index contributed by atoms with van der Waals surface area (Å²) in [5, 5.41) is 7.68. The standard InChI is InChI=1S/C17H25N5/c1-12-15(13(2)21(4)20-12)11-22-9-5-6-16(22)14-7-8-19-17(10-14)18-3/h7-8,10,16H,5-6,9,11H2,1-4H3,(H,18,19). The maximum Gasteiger partial charge on any atom is 0.125 e. The SMILES string of the molecule is CNc1cc(C2CCCN2Cc2c(C)nn(C)c2C)ccn1. The van der Waals surface area contributed by atoms with E-state index in [1.165, 1.54) is 29.7 Å². The molecule has 1 aliphatic rings. The smallest absolute Gasteiger partial charge is 0.125 e. The van der Waals surface area contributed by atoms with Crippen LogP contribution < -0.4 is 5.32 Å². The summed E-state index contributed by atoms with van der Waals surface area (Å²) in [4.78, 5) is 6.90. The Hall–Kier alpha value is -1.88. The van der Waals surface area contributed by atoms with E-state index in [2.05, 4.69) is 46.3 Å². The summed E-state index contributed by atoms with van der Waals surface area (Å²) in [7, 11) is 3.94. The Kier molecular flexibility index (Phi) is 4.16. The Morgan fingerprint density at radius 2 is 2.18 bits per heavy atom. The summed E-state index contributed by atoms with van der Waals surface area (Å²) in [5.41, 5.74) is 5.15. The molecule has 1 unspecified atom stereocenters. The van der Waals surface area contributed by atoms with Gasteiger partial charge >= 0.3 is 0 Å². The molecule has 0 bridgehead atoms. The monoisotopic (exact) mass is 299 g/mol. The number of rotatable bonds is 4. The minimum atomic E-state index is 0.481. The zero-order valence-electron chi connectivity index (χ0n) is 13.9. The molecule has 1 N–H and O–H groups in total. The summed E-state index contributed by atoms with van der Waals surface area (Å²) in [6.07, 6.45) is 4.37. The topological polar surface area (TPSA) is 46.0 Å². The number of likely N-dealkylation sites (tertiary alicyclic amines) is 1. The molecule has 22 heavy (non-hydrogen) atoms. The van der Waals surface area contributed by atoms with Gasteiger partial charge in [-0.15, -0.1) is 0 Å². The molecule has 1 saturated heterocycles. The average Bonchev–Trinajstić information content (AvgIpc) is 3.08. The molecule has 118 valence electrons. The second-order valence-corrected chi connectivity index (χ2v) is 6.13. The molecule has 1 fully saturated rings. The zero-order valence-corrected chi connectivity index (χ0v) is 13.9. The van der Waals surface area contributed by atoms with Crippen LogP contribution in [0.4, 0.5) is 5.82 Å². The predicted octanol–water partition coefficient (Wildman–Crippen LogP) is 2.81. The van der Waals surface area contributed by atoms with Gasteiger partial charge < -0.3 is 5.32 Å². The van der Waals surface area contributed by atoms with Crippen LogP contribution in [0.1, 0.15) is 41.4 Å². The first-order valence-corrected chi connectivity index (χ1v) is 7.97. The third kappa shape index (κ3) is 2.73. The van der Waals surface area contributed by atoms with E-state index >= 15 is 0 Å².